The molecule has 1 aliphatic carbocycles. The molecule has 0 spiro atoms. The second-order valence-electron chi connectivity index (χ2n) is 6.53. The summed E-state index contributed by atoms with van der Waals surface area (Å²) < 4.78 is 5.63. The molecule has 0 saturated heterocycles. The van der Waals surface area contributed by atoms with E-state index in [1.54, 1.807) is 6.07 Å². The third kappa shape index (κ3) is 2.24. The van der Waals surface area contributed by atoms with E-state index in [1.807, 2.05) is 18.2 Å². The molecule has 24 heavy (non-hydrogen) atoms. The Bertz CT molecular complexity index is 802. The SMILES string of the molecule is CN1CCc2cc(OCCO)cc3c2C1Cc1ccc(O)c(O)c1-3. The molecular weight excluding hydrogens is 306 g/mol. The Hall–Kier alpha value is -2.24. The number of benzene rings is 2. The highest BCUT2D eigenvalue weighted by Gasteiger charge is 2.35. The number of hydrogen-bond acceptors (Lipinski definition) is 5. The van der Waals surface area contributed by atoms with Gasteiger partial charge in [-0.1, -0.05) is 6.07 Å². The van der Waals surface area contributed by atoms with Gasteiger partial charge >= 0.3 is 0 Å². The van der Waals surface area contributed by atoms with Crippen molar-refractivity contribution in [1.82, 2.24) is 4.90 Å². The van der Waals surface area contributed by atoms with E-state index in [-0.39, 0.29) is 30.8 Å². The maximum atomic E-state index is 10.4. The molecule has 1 unspecified atom stereocenters. The fourth-order valence-corrected chi connectivity index (χ4v) is 3.97. The Kier molecular flexibility index (Phi) is 3.62. The summed E-state index contributed by atoms with van der Waals surface area (Å²) >= 11 is 0. The van der Waals surface area contributed by atoms with Crippen LogP contribution in [-0.4, -0.2) is 47.0 Å². The van der Waals surface area contributed by atoms with Crippen molar-refractivity contribution in [3.05, 3.63) is 41.0 Å². The summed E-state index contributed by atoms with van der Waals surface area (Å²) in [5.41, 5.74) is 5.09. The van der Waals surface area contributed by atoms with Crippen LogP contribution in [0.3, 0.4) is 0 Å². The van der Waals surface area contributed by atoms with E-state index in [1.165, 1.54) is 11.1 Å². The minimum Gasteiger partial charge on any atom is -0.504 e. The van der Waals surface area contributed by atoms with E-state index < -0.39 is 0 Å². The maximum absolute atomic E-state index is 10.4. The first-order chi connectivity index (χ1) is 11.6. The molecule has 5 heteroatoms. The molecule has 4 rings (SSSR count). The van der Waals surface area contributed by atoms with Gasteiger partial charge in [-0.05, 0) is 60.3 Å². The Balaban J connectivity index is 1.95. The van der Waals surface area contributed by atoms with Gasteiger partial charge in [-0.25, -0.2) is 0 Å². The van der Waals surface area contributed by atoms with Crippen molar-refractivity contribution >= 4 is 0 Å². The minimum absolute atomic E-state index is 0.0413. The second-order valence-corrected chi connectivity index (χ2v) is 6.53. The van der Waals surface area contributed by atoms with Gasteiger partial charge in [0, 0.05) is 18.2 Å². The molecule has 0 fully saturated rings. The Labute approximate surface area is 140 Å². The number of hydrogen-bond donors (Lipinski definition) is 3. The maximum Gasteiger partial charge on any atom is 0.165 e. The number of likely N-dealkylation sites (N-methyl/N-ethyl adjacent to an activating group) is 1. The summed E-state index contributed by atoms with van der Waals surface area (Å²) in [4.78, 5) is 2.34. The zero-order valence-corrected chi connectivity index (χ0v) is 13.6. The summed E-state index contributed by atoms with van der Waals surface area (Å²) in [6, 6.07) is 7.66. The monoisotopic (exact) mass is 327 g/mol. The minimum atomic E-state index is -0.105. The Morgan fingerprint density at radius 2 is 2.04 bits per heavy atom. The lowest BCUT2D eigenvalue weighted by Gasteiger charge is -2.40. The average molecular weight is 327 g/mol. The van der Waals surface area contributed by atoms with Gasteiger partial charge in [0.15, 0.2) is 11.5 Å². The first kappa shape index (κ1) is 15.3. The average Bonchev–Trinajstić information content (AvgIpc) is 2.59. The van der Waals surface area contributed by atoms with E-state index in [9.17, 15) is 10.2 Å². The van der Waals surface area contributed by atoms with Crippen molar-refractivity contribution in [2.24, 2.45) is 0 Å². The van der Waals surface area contributed by atoms with Crippen LogP contribution >= 0.6 is 0 Å². The molecule has 1 heterocycles. The van der Waals surface area contributed by atoms with Crippen LogP contribution in [0, 0.1) is 0 Å². The molecule has 3 N–H and O–H groups in total. The highest BCUT2D eigenvalue weighted by atomic mass is 16.5. The molecule has 0 bridgehead atoms. The first-order valence-corrected chi connectivity index (χ1v) is 8.25. The van der Waals surface area contributed by atoms with Gasteiger partial charge in [-0.15, -0.1) is 0 Å². The molecule has 0 saturated carbocycles. The largest absolute Gasteiger partial charge is 0.504 e. The van der Waals surface area contributed by atoms with Gasteiger partial charge < -0.3 is 20.1 Å². The molecule has 2 aliphatic rings. The summed E-state index contributed by atoms with van der Waals surface area (Å²) in [6.45, 7) is 1.17. The summed E-state index contributed by atoms with van der Waals surface area (Å²) in [5.74, 6) is 0.518. The van der Waals surface area contributed by atoms with Crippen LogP contribution in [0.5, 0.6) is 17.2 Å². The van der Waals surface area contributed by atoms with Gasteiger partial charge in [0.05, 0.1) is 6.61 Å². The zero-order valence-electron chi connectivity index (χ0n) is 13.6. The lowest BCUT2D eigenvalue weighted by atomic mass is 9.76. The van der Waals surface area contributed by atoms with E-state index in [4.69, 9.17) is 9.84 Å². The van der Waals surface area contributed by atoms with Crippen molar-refractivity contribution in [3.8, 4) is 28.4 Å². The number of fused-ring (bicyclic) bond motifs is 2. The number of aromatic hydroxyl groups is 2. The highest BCUT2D eigenvalue weighted by molar-refractivity contribution is 5.83. The predicted octanol–water partition coefficient (Wildman–Crippen LogP) is 2.22. The molecule has 1 aliphatic heterocycles. The molecule has 1 atom stereocenters. The van der Waals surface area contributed by atoms with Gasteiger partial charge in [0.2, 0.25) is 0 Å². The van der Waals surface area contributed by atoms with Gasteiger partial charge in [0.25, 0.3) is 0 Å². The number of phenolic OH excluding ortho intramolecular Hbond substituents is 2. The summed E-state index contributed by atoms with van der Waals surface area (Å²) in [7, 11) is 2.12. The number of aliphatic hydroxyl groups excluding tert-OH is 1. The number of aliphatic hydroxyl groups is 1. The van der Waals surface area contributed by atoms with Crippen molar-refractivity contribution in [2.45, 2.75) is 18.9 Å². The lowest BCUT2D eigenvalue weighted by molar-refractivity contribution is 0.200. The number of rotatable bonds is 3. The first-order valence-electron chi connectivity index (χ1n) is 8.25. The number of ether oxygens (including phenoxy) is 1. The summed E-state index contributed by atoms with van der Waals surface area (Å²) in [6.07, 6.45) is 1.73. The molecule has 0 aromatic heterocycles. The van der Waals surface area contributed by atoms with Crippen LogP contribution in [0.25, 0.3) is 11.1 Å². The number of phenols is 2. The fraction of sp³-hybridized carbons (Fsp3) is 0.368. The van der Waals surface area contributed by atoms with E-state index in [2.05, 4.69) is 11.9 Å². The second kappa shape index (κ2) is 5.69. The molecule has 5 nitrogen and oxygen atoms in total. The van der Waals surface area contributed by atoms with Gasteiger partial charge in [0.1, 0.15) is 12.4 Å². The van der Waals surface area contributed by atoms with Crippen LogP contribution in [0.1, 0.15) is 22.7 Å². The summed E-state index contributed by atoms with van der Waals surface area (Å²) in [5, 5.41) is 29.4. The molecule has 126 valence electrons. The van der Waals surface area contributed by atoms with Crippen molar-refractivity contribution in [1.29, 1.82) is 0 Å². The van der Waals surface area contributed by atoms with E-state index >= 15 is 0 Å². The normalized spacial score (nSPS) is 18.8. The van der Waals surface area contributed by atoms with Crippen LogP contribution in [0.4, 0.5) is 0 Å². The lowest BCUT2D eigenvalue weighted by Crippen LogP contribution is -2.35. The highest BCUT2D eigenvalue weighted by Crippen LogP contribution is 2.51. The van der Waals surface area contributed by atoms with E-state index in [0.717, 1.165) is 30.5 Å². The van der Waals surface area contributed by atoms with Crippen molar-refractivity contribution < 1.29 is 20.1 Å². The van der Waals surface area contributed by atoms with Crippen molar-refractivity contribution in [3.63, 3.8) is 0 Å². The Morgan fingerprint density at radius 1 is 1.21 bits per heavy atom. The molecule has 0 amide bonds. The number of nitrogens with zero attached hydrogens (tertiary/aromatic N) is 1. The van der Waals surface area contributed by atoms with Gasteiger partial charge in [-0.2, -0.15) is 0 Å². The molecule has 0 radical (unpaired) electrons. The van der Waals surface area contributed by atoms with Crippen molar-refractivity contribution in [2.75, 3.05) is 26.8 Å². The fourth-order valence-electron chi connectivity index (χ4n) is 3.97. The quantitative estimate of drug-likeness (QED) is 0.754. The molecular formula is C19H21NO4. The van der Waals surface area contributed by atoms with Crippen LogP contribution in [0.2, 0.25) is 0 Å². The van der Waals surface area contributed by atoms with Crippen LogP contribution in [0.15, 0.2) is 24.3 Å². The van der Waals surface area contributed by atoms with E-state index in [0.29, 0.717) is 11.3 Å². The third-order valence-corrected chi connectivity index (χ3v) is 5.12. The smallest absolute Gasteiger partial charge is 0.165 e. The standard InChI is InChI=1S/C19H21NO4/c1-20-5-4-12-8-13(24-7-6-21)10-14-17(12)15(20)9-11-2-3-16(22)19(23)18(11)14/h2-3,8,10,15,21-23H,4-7,9H2,1H3. The predicted molar refractivity (Wildman–Crippen MR) is 90.6 cm³/mol. The van der Waals surface area contributed by atoms with Crippen LogP contribution in [-0.2, 0) is 12.8 Å². The topological polar surface area (TPSA) is 73.2 Å². The molecule has 2 aromatic carbocycles. The Morgan fingerprint density at radius 3 is 2.83 bits per heavy atom. The van der Waals surface area contributed by atoms with Crippen LogP contribution < -0.4 is 4.74 Å². The zero-order chi connectivity index (χ0) is 16.8. The third-order valence-electron chi connectivity index (χ3n) is 5.12. The molecule has 2 aromatic rings. The van der Waals surface area contributed by atoms with Gasteiger partial charge in [-0.3, -0.25) is 4.90 Å².